The van der Waals surface area contributed by atoms with Gasteiger partial charge in [0.15, 0.2) is 0 Å². The average Bonchev–Trinajstić information content (AvgIpc) is 2.73. The van der Waals surface area contributed by atoms with Crippen LogP contribution in [-0.2, 0) is 10.0 Å². The number of rotatable bonds is 4. The van der Waals surface area contributed by atoms with Crippen molar-refractivity contribution in [1.29, 1.82) is 0 Å². The molecule has 1 aliphatic heterocycles. The molecule has 1 unspecified atom stereocenters. The molecule has 1 aliphatic rings. The van der Waals surface area contributed by atoms with Gasteiger partial charge >= 0.3 is 0 Å². The van der Waals surface area contributed by atoms with Gasteiger partial charge in [0.2, 0.25) is 10.0 Å². The van der Waals surface area contributed by atoms with Crippen LogP contribution in [0.3, 0.4) is 0 Å². The van der Waals surface area contributed by atoms with Crippen LogP contribution in [0.4, 0.5) is 0 Å². The molecular weight excluding hydrogens is 274 g/mol. The maximum absolute atomic E-state index is 12.0. The van der Waals surface area contributed by atoms with Crippen LogP contribution in [0.1, 0.15) is 6.42 Å². The summed E-state index contributed by atoms with van der Waals surface area (Å²) in [6.07, 6.45) is 2.29. The number of nitrogens with zero attached hydrogens (tertiary/aromatic N) is 2. The van der Waals surface area contributed by atoms with Crippen LogP contribution in [-0.4, -0.2) is 45.0 Å². The Morgan fingerprint density at radius 1 is 1.56 bits per heavy atom. The fourth-order valence-electron chi connectivity index (χ4n) is 2.03. The van der Waals surface area contributed by atoms with Gasteiger partial charge in [-0.3, -0.25) is 0 Å². The van der Waals surface area contributed by atoms with Crippen LogP contribution in [0.15, 0.2) is 23.2 Å². The minimum absolute atomic E-state index is 0.151. The lowest BCUT2D eigenvalue weighted by atomic mass is 10.1. The Balaban J connectivity index is 1.97. The molecule has 0 spiro atoms. The third-order valence-corrected chi connectivity index (χ3v) is 4.69. The van der Waals surface area contributed by atoms with Crippen LogP contribution in [0, 0.1) is 5.92 Å². The van der Waals surface area contributed by atoms with Gasteiger partial charge in [0, 0.05) is 19.3 Å². The summed E-state index contributed by atoms with van der Waals surface area (Å²) in [5, 5.41) is 0.284. The lowest BCUT2D eigenvalue weighted by Gasteiger charge is -2.12. The highest BCUT2D eigenvalue weighted by Crippen LogP contribution is 2.15. The number of hydrogen-bond donors (Lipinski definition) is 1. The zero-order valence-electron chi connectivity index (χ0n) is 10.1. The topological polar surface area (TPSA) is 62.3 Å². The molecular formula is C11H16ClN3O2S. The lowest BCUT2D eigenvalue weighted by molar-refractivity contribution is 0.394. The summed E-state index contributed by atoms with van der Waals surface area (Å²) in [6, 6.07) is 2.93. The van der Waals surface area contributed by atoms with E-state index in [1.807, 2.05) is 7.05 Å². The highest BCUT2D eigenvalue weighted by Gasteiger charge is 2.22. The number of hydrogen-bond acceptors (Lipinski definition) is 4. The summed E-state index contributed by atoms with van der Waals surface area (Å²) in [5.41, 5.74) is 0. The molecule has 0 bridgehead atoms. The zero-order chi connectivity index (χ0) is 13.2. The molecule has 1 N–H and O–H groups in total. The summed E-state index contributed by atoms with van der Waals surface area (Å²) in [6.45, 7) is 2.42. The molecule has 2 rings (SSSR count). The molecule has 18 heavy (non-hydrogen) atoms. The van der Waals surface area contributed by atoms with Gasteiger partial charge in [-0.1, -0.05) is 11.6 Å². The number of halogens is 1. The Bertz CT molecular complexity index is 504. The molecule has 7 heteroatoms. The van der Waals surface area contributed by atoms with Gasteiger partial charge in [0.1, 0.15) is 10.0 Å². The largest absolute Gasteiger partial charge is 0.306 e. The normalized spacial score (nSPS) is 21.3. The smallest absolute Gasteiger partial charge is 0.242 e. The Morgan fingerprint density at radius 2 is 2.33 bits per heavy atom. The first-order chi connectivity index (χ1) is 8.47. The number of nitrogens with one attached hydrogen (secondary N) is 1. The minimum Gasteiger partial charge on any atom is -0.306 e. The predicted molar refractivity (Wildman–Crippen MR) is 70.0 cm³/mol. The molecule has 1 aromatic heterocycles. The van der Waals surface area contributed by atoms with Crippen LogP contribution in [0.25, 0.3) is 0 Å². The molecule has 0 aromatic carbocycles. The van der Waals surface area contributed by atoms with E-state index in [9.17, 15) is 8.42 Å². The molecule has 1 atom stereocenters. The quantitative estimate of drug-likeness (QED) is 0.839. The number of aromatic nitrogens is 1. The molecule has 1 aromatic rings. The zero-order valence-corrected chi connectivity index (χ0v) is 11.7. The van der Waals surface area contributed by atoms with Gasteiger partial charge in [-0.2, -0.15) is 0 Å². The van der Waals surface area contributed by atoms with Gasteiger partial charge in [-0.05, 0) is 38.1 Å². The van der Waals surface area contributed by atoms with Crippen molar-refractivity contribution >= 4 is 21.6 Å². The minimum atomic E-state index is -3.47. The second-order valence-electron chi connectivity index (χ2n) is 4.59. The summed E-state index contributed by atoms with van der Waals surface area (Å²) < 4.78 is 26.6. The van der Waals surface area contributed by atoms with E-state index in [-0.39, 0.29) is 10.0 Å². The van der Waals surface area contributed by atoms with E-state index in [1.165, 1.54) is 18.3 Å². The van der Waals surface area contributed by atoms with Crippen LogP contribution < -0.4 is 4.72 Å². The van der Waals surface area contributed by atoms with E-state index in [0.29, 0.717) is 12.5 Å². The molecule has 100 valence electrons. The summed E-state index contributed by atoms with van der Waals surface area (Å²) in [7, 11) is -1.43. The van der Waals surface area contributed by atoms with E-state index in [4.69, 9.17) is 11.6 Å². The Labute approximate surface area is 112 Å². The van der Waals surface area contributed by atoms with Crippen molar-refractivity contribution in [2.24, 2.45) is 5.92 Å². The van der Waals surface area contributed by atoms with Crippen LogP contribution >= 0.6 is 11.6 Å². The van der Waals surface area contributed by atoms with E-state index in [1.54, 1.807) is 0 Å². The first-order valence-corrected chi connectivity index (χ1v) is 7.63. The van der Waals surface area contributed by atoms with Crippen molar-refractivity contribution in [3.05, 3.63) is 23.5 Å². The molecule has 0 aliphatic carbocycles. The molecule has 2 heterocycles. The van der Waals surface area contributed by atoms with Crippen LogP contribution in [0.2, 0.25) is 5.15 Å². The highest BCUT2D eigenvalue weighted by molar-refractivity contribution is 7.89. The Hall–Kier alpha value is -0.690. The van der Waals surface area contributed by atoms with E-state index in [2.05, 4.69) is 14.6 Å². The summed E-state index contributed by atoms with van der Waals surface area (Å²) in [5.74, 6) is 0.380. The first-order valence-electron chi connectivity index (χ1n) is 5.77. The lowest BCUT2D eigenvalue weighted by Crippen LogP contribution is -2.30. The first kappa shape index (κ1) is 13.7. The third-order valence-electron chi connectivity index (χ3n) is 3.06. The third kappa shape index (κ3) is 3.41. The standard InChI is InChI=1S/C11H16ClN3O2S/c1-15-5-4-9(8-15)6-14-18(16,17)10-2-3-11(12)13-7-10/h2-3,7,9,14H,4-6,8H2,1H3. The van der Waals surface area contributed by atoms with Crippen molar-refractivity contribution in [3.63, 3.8) is 0 Å². The molecule has 0 saturated carbocycles. The molecule has 0 radical (unpaired) electrons. The fraction of sp³-hybridized carbons (Fsp3) is 0.545. The molecule has 0 amide bonds. The highest BCUT2D eigenvalue weighted by atomic mass is 35.5. The van der Waals surface area contributed by atoms with E-state index >= 15 is 0 Å². The average molecular weight is 290 g/mol. The fourth-order valence-corrected chi connectivity index (χ4v) is 3.20. The molecule has 1 fully saturated rings. The summed E-state index contributed by atoms with van der Waals surface area (Å²) >= 11 is 5.63. The maximum atomic E-state index is 12.0. The number of pyridine rings is 1. The van der Waals surface area contributed by atoms with E-state index in [0.717, 1.165) is 19.5 Å². The van der Waals surface area contributed by atoms with E-state index < -0.39 is 10.0 Å². The van der Waals surface area contributed by atoms with Crippen molar-refractivity contribution in [2.45, 2.75) is 11.3 Å². The number of sulfonamides is 1. The monoisotopic (exact) mass is 289 g/mol. The second-order valence-corrected chi connectivity index (χ2v) is 6.74. The SMILES string of the molecule is CN1CCC(CNS(=O)(=O)c2ccc(Cl)nc2)C1. The Kier molecular flexibility index (Phi) is 4.21. The van der Waals surface area contributed by atoms with Gasteiger partial charge in [-0.15, -0.1) is 0 Å². The van der Waals surface area contributed by atoms with Crippen molar-refractivity contribution in [1.82, 2.24) is 14.6 Å². The summed E-state index contributed by atoms with van der Waals surface area (Å²) in [4.78, 5) is 6.12. The maximum Gasteiger partial charge on any atom is 0.242 e. The molecule has 1 saturated heterocycles. The van der Waals surface area contributed by atoms with Gasteiger partial charge < -0.3 is 4.90 Å². The van der Waals surface area contributed by atoms with Crippen molar-refractivity contribution in [3.8, 4) is 0 Å². The predicted octanol–water partition coefficient (Wildman–Crippen LogP) is 0.965. The van der Waals surface area contributed by atoms with Crippen molar-refractivity contribution < 1.29 is 8.42 Å². The Morgan fingerprint density at radius 3 is 2.89 bits per heavy atom. The van der Waals surface area contributed by atoms with Crippen molar-refractivity contribution in [2.75, 3.05) is 26.7 Å². The number of likely N-dealkylation sites (tertiary alicyclic amines) is 1. The second kappa shape index (κ2) is 5.52. The van der Waals surface area contributed by atoms with Crippen LogP contribution in [0.5, 0.6) is 0 Å². The van der Waals surface area contributed by atoms with Gasteiger partial charge in [0.05, 0.1) is 0 Å². The molecule has 5 nitrogen and oxygen atoms in total. The van der Waals surface area contributed by atoms with Gasteiger partial charge in [0.25, 0.3) is 0 Å². The van der Waals surface area contributed by atoms with Gasteiger partial charge in [-0.25, -0.2) is 18.1 Å².